The second-order valence-electron chi connectivity index (χ2n) is 6.04. The molecule has 0 N–H and O–H groups in total. The predicted molar refractivity (Wildman–Crippen MR) is 99.1 cm³/mol. The highest BCUT2D eigenvalue weighted by molar-refractivity contribution is 5.75. The lowest BCUT2D eigenvalue weighted by Crippen LogP contribution is -2.14. The summed E-state index contributed by atoms with van der Waals surface area (Å²) in [6, 6.07) is 24.6. The van der Waals surface area contributed by atoms with E-state index in [1.807, 2.05) is 36.4 Å². The zero-order chi connectivity index (χ0) is 17.6. The molecule has 0 radical (unpaired) electrons. The van der Waals surface area contributed by atoms with E-state index in [0.29, 0.717) is 17.4 Å². The quantitative estimate of drug-likeness (QED) is 0.430. The first kappa shape index (κ1) is 16.8. The van der Waals surface area contributed by atoms with E-state index in [2.05, 4.69) is 26.0 Å². The summed E-state index contributed by atoms with van der Waals surface area (Å²) in [7, 11) is 0. The fraction of sp³-hybridized carbons (Fsp3) is 0.136. The van der Waals surface area contributed by atoms with Gasteiger partial charge in [0.2, 0.25) is 0 Å². The van der Waals surface area contributed by atoms with Crippen molar-refractivity contribution in [2.24, 2.45) is 0 Å². The summed E-state index contributed by atoms with van der Waals surface area (Å²) in [5.41, 5.74) is 3.11. The number of benzene rings is 3. The van der Waals surface area contributed by atoms with Crippen LogP contribution in [0.2, 0.25) is 0 Å². The zero-order valence-electron chi connectivity index (χ0n) is 14.3. The number of carbonyl (C=O) groups excluding carboxylic acids is 1. The Morgan fingerprint density at radius 1 is 0.760 bits per heavy atom. The SMILES string of the molecule is CC(C)c1ccc(-c2ccccc2OC(=O)Oc2ccccc2)cc1. The predicted octanol–water partition coefficient (Wildman–Crippen LogP) is 6.05. The minimum Gasteiger partial charge on any atom is -0.395 e. The molecule has 0 heterocycles. The van der Waals surface area contributed by atoms with E-state index in [1.54, 1.807) is 30.3 Å². The van der Waals surface area contributed by atoms with Gasteiger partial charge in [0.15, 0.2) is 0 Å². The van der Waals surface area contributed by atoms with Gasteiger partial charge in [0, 0.05) is 5.56 Å². The second-order valence-corrected chi connectivity index (χ2v) is 6.04. The van der Waals surface area contributed by atoms with E-state index < -0.39 is 6.16 Å². The van der Waals surface area contributed by atoms with Gasteiger partial charge in [0.1, 0.15) is 11.5 Å². The van der Waals surface area contributed by atoms with E-state index in [1.165, 1.54) is 5.56 Å². The molecule has 3 rings (SSSR count). The first-order valence-corrected chi connectivity index (χ1v) is 8.27. The van der Waals surface area contributed by atoms with Crippen LogP contribution in [0, 0.1) is 0 Å². The molecule has 0 unspecified atom stereocenters. The Balaban J connectivity index is 1.80. The Morgan fingerprint density at radius 2 is 1.40 bits per heavy atom. The van der Waals surface area contributed by atoms with Crippen LogP contribution in [0.3, 0.4) is 0 Å². The summed E-state index contributed by atoms with van der Waals surface area (Å²) in [6.07, 6.45) is -0.752. The lowest BCUT2D eigenvalue weighted by Gasteiger charge is -2.11. The first-order valence-electron chi connectivity index (χ1n) is 8.27. The summed E-state index contributed by atoms with van der Waals surface area (Å²) >= 11 is 0. The number of rotatable bonds is 4. The maximum atomic E-state index is 12.1. The van der Waals surface area contributed by atoms with Crippen LogP contribution in [0.1, 0.15) is 25.3 Å². The number of hydrogen-bond acceptors (Lipinski definition) is 3. The van der Waals surface area contributed by atoms with Gasteiger partial charge >= 0.3 is 6.16 Å². The highest BCUT2D eigenvalue weighted by atomic mass is 16.7. The Hall–Kier alpha value is -3.07. The summed E-state index contributed by atoms with van der Waals surface area (Å²) in [5.74, 6) is 1.40. The molecule has 25 heavy (non-hydrogen) atoms. The van der Waals surface area contributed by atoms with Crippen LogP contribution in [0.15, 0.2) is 78.9 Å². The molecule has 0 aromatic heterocycles. The van der Waals surface area contributed by atoms with E-state index in [-0.39, 0.29) is 0 Å². The standard InChI is InChI=1S/C22H20O3/c1-16(2)17-12-14-18(15-13-17)20-10-6-7-11-21(20)25-22(23)24-19-8-4-3-5-9-19/h3-16H,1-2H3. The lowest BCUT2D eigenvalue weighted by atomic mass is 9.98. The summed E-state index contributed by atoms with van der Waals surface area (Å²) in [5, 5.41) is 0. The highest BCUT2D eigenvalue weighted by Crippen LogP contribution is 2.31. The van der Waals surface area contributed by atoms with Crippen molar-refractivity contribution in [1.82, 2.24) is 0 Å². The fourth-order valence-electron chi connectivity index (χ4n) is 2.54. The van der Waals surface area contributed by atoms with Crippen LogP contribution in [0.25, 0.3) is 11.1 Å². The molecule has 0 bridgehead atoms. The van der Waals surface area contributed by atoms with Gasteiger partial charge in [-0.2, -0.15) is 0 Å². The molecule has 0 atom stereocenters. The van der Waals surface area contributed by atoms with E-state index in [0.717, 1.165) is 11.1 Å². The summed E-state index contributed by atoms with van der Waals surface area (Å²) in [4.78, 5) is 12.1. The maximum Gasteiger partial charge on any atom is 0.519 e. The molecular formula is C22H20O3. The van der Waals surface area contributed by atoms with Crippen molar-refractivity contribution in [3.05, 3.63) is 84.4 Å². The van der Waals surface area contributed by atoms with Crippen LogP contribution in [0.4, 0.5) is 4.79 Å². The van der Waals surface area contributed by atoms with E-state index in [9.17, 15) is 4.79 Å². The Labute approximate surface area is 147 Å². The summed E-state index contributed by atoms with van der Waals surface area (Å²) < 4.78 is 10.6. The van der Waals surface area contributed by atoms with Crippen molar-refractivity contribution in [2.45, 2.75) is 19.8 Å². The van der Waals surface area contributed by atoms with Crippen LogP contribution >= 0.6 is 0 Å². The van der Waals surface area contributed by atoms with Gasteiger partial charge in [-0.05, 0) is 35.2 Å². The van der Waals surface area contributed by atoms with Gasteiger partial charge in [0.25, 0.3) is 0 Å². The third-order valence-electron chi connectivity index (χ3n) is 3.91. The molecule has 3 nitrogen and oxygen atoms in total. The van der Waals surface area contributed by atoms with Gasteiger partial charge in [0.05, 0.1) is 0 Å². The minimum atomic E-state index is -0.752. The monoisotopic (exact) mass is 332 g/mol. The highest BCUT2D eigenvalue weighted by Gasteiger charge is 2.12. The molecule has 0 saturated heterocycles. The van der Waals surface area contributed by atoms with Crippen molar-refractivity contribution in [3.63, 3.8) is 0 Å². The van der Waals surface area contributed by atoms with E-state index in [4.69, 9.17) is 9.47 Å². The minimum absolute atomic E-state index is 0.450. The van der Waals surface area contributed by atoms with Crippen molar-refractivity contribution in [1.29, 1.82) is 0 Å². The molecule has 3 heteroatoms. The molecule has 0 fully saturated rings. The second kappa shape index (κ2) is 7.67. The Kier molecular flexibility index (Phi) is 5.14. The van der Waals surface area contributed by atoms with Crippen LogP contribution < -0.4 is 9.47 Å². The third kappa shape index (κ3) is 4.27. The summed E-state index contributed by atoms with van der Waals surface area (Å²) in [6.45, 7) is 4.32. The average molecular weight is 332 g/mol. The fourth-order valence-corrected chi connectivity index (χ4v) is 2.54. The van der Waals surface area contributed by atoms with Crippen molar-refractivity contribution in [2.75, 3.05) is 0 Å². The number of ether oxygens (including phenoxy) is 2. The lowest BCUT2D eigenvalue weighted by molar-refractivity contribution is 0.152. The molecule has 0 aliphatic heterocycles. The number of carbonyl (C=O) groups is 1. The molecule has 0 aliphatic rings. The largest absolute Gasteiger partial charge is 0.519 e. The van der Waals surface area contributed by atoms with Crippen LogP contribution in [-0.2, 0) is 0 Å². The van der Waals surface area contributed by atoms with Gasteiger partial charge in [-0.3, -0.25) is 0 Å². The van der Waals surface area contributed by atoms with Crippen LogP contribution in [-0.4, -0.2) is 6.16 Å². The molecule has 0 aliphatic carbocycles. The van der Waals surface area contributed by atoms with Gasteiger partial charge < -0.3 is 9.47 Å². The maximum absolute atomic E-state index is 12.1. The first-order chi connectivity index (χ1) is 12.1. The molecular weight excluding hydrogens is 312 g/mol. The molecule has 3 aromatic rings. The van der Waals surface area contributed by atoms with Crippen molar-refractivity contribution < 1.29 is 14.3 Å². The molecule has 0 amide bonds. The topological polar surface area (TPSA) is 35.5 Å². The normalized spacial score (nSPS) is 10.5. The van der Waals surface area contributed by atoms with Crippen molar-refractivity contribution in [3.8, 4) is 22.6 Å². The smallest absolute Gasteiger partial charge is 0.395 e. The Bertz CT molecular complexity index is 837. The van der Waals surface area contributed by atoms with Gasteiger partial charge in [-0.25, -0.2) is 4.79 Å². The molecule has 0 saturated carbocycles. The molecule has 126 valence electrons. The zero-order valence-corrected chi connectivity index (χ0v) is 14.3. The molecule has 3 aromatic carbocycles. The van der Waals surface area contributed by atoms with Gasteiger partial charge in [-0.1, -0.05) is 74.5 Å². The van der Waals surface area contributed by atoms with Gasteiger partial charge in [-0.15, -0.1) is 0 Å². The van der Waals surface area contributed by atoms with Crippen LogP contribution in [0.5, 0.6) is 11.5 Å². The average Bonchev–Trinajstić information content (AvgIpc) is 2.63. The van der Waals surface area contributed by atoms with E-state index >= 15 is 0 Å². The number of para-hydroxylation sites is 2. The van der Waals surface area contributed by atoms with Crippen molar-refractivity contribution >= 4 is 6.16 Å². The third-order valence-corrected chi connectivity index (χ3v) is 3.91. The number of hydrogen-bond donors (Lipinski definition) is 0. The Morgan fingerprint density at radius 3 is 2.08 bits per heavy atom. The molecule has 0 spiro atoms.